The number of carbonyl (C=O) groups excluding carboxylic acids is 2. The first-order valence-corrected chi connectivity index (χ1v) is 14.0. The minimum atomic E-state index is -4.46. The van der Waals surface area contributed by atoms with Crippen LogP contribution >= 0.6 is 22.7 Å². The van der Waals surface area contributed by atoms with E-state index in [0.29, 0.717) is 39.8 Å². The molecular weight excluding hydrogens is 535 g/mol. The van der Waals surface area contributed by atoms with E-state index in [1.165, 1.54) is 28.7 Å². The first-order chi connectivity index (χ1) is 17.9. The number of aromatic nitrogens is 1. The van der Waals surface area contributed by atoms with Crippen molar-refractivity contribution in [3.05, 3.63) is 46.9 Å². The Morgan fingerprint density at radius 3 is 2.37 bits per heavy atom. The van der Waals surface area contributed by atoms with Gasteiger partial charge in [-0.05, 0) is 57.0 Å². The number of anilines is 1. The molecule has 1 aliphatic heterocycles. The van der Waals surface area contributed by atoms with Crippen molar-refractivity contribution >= 4 is 49.9 Å². The predicted molar refractivity (Wildman–Crippen MR) is 150 cm³/mol. The highest BCUT2D eigenvalue weighted by Crippen LogP contribution is 2.46. The van der Waals surface area contributed by atoms with Gasteiger partial charge in [-0.25, -0.2) is 9.78 Å². The van der Waals surface area contributed by atoms with E-state index in [1.807, 2.05) is 27.7 Å². The summed E-state index contributed by atoms with van der Waals surface area (Å²) < 4.78 is 45.5. The molecule has 1 aromatic carbocycles. The fraction of sp³-hybridized carbons (Fsp3) is 0.444. The molecule has 3 heterocycles. The number of halogens is 3. The van der Waals surface area contributed by atoms with Crippen molar-refractivity contribution in [3.8, 4) is 10.6 Å². The summed E-state index contributed by atoms with van der Waals surface area (Å²) >= 11 is 2.57. The number of rotatable bonds is 3. The zero-order valence-corrected chi connectivity index (χ0v) is 24.3. The topological polar surface area (TPSA) is 71.5 Å². The highest BCUT2D eigenvalue weighted by molar-refractivity contribution is 7.23. The number of amides is 2. The maximum Gasteiger partial charge on any atom is 0.416 e. The molecule has 0 radical (unpaired) electrons. The van der Waals surface area contributed by atoms with Crippen LogP contribution in [0.25, 0.3) is 20.8 Å². The van der Waals surface area contributed by atoms with Crippen LogP contribution < -0.4 is 5.32 Å². The van der Waals surface area contributed by atoms with E-state index in [1.54, 1.807) is 25.7 Å². The van der Waals surface area contributed by atoms with Gasteiger partial charge in [-0.3, -0.25) is 4.79 Å². The quantitative estimate of drug-likeness (QED) is 0.321. The molecule has 38 heavy (non-hydrogen) atoms. The number of carbonyl (C=O) groups is 2. The number of thiophene rings is 1. The Kier molecular flexibility index (Phi) is 10.5. The van der Waals surface area contributed by atoms with E-state index < -0.39 is 29.3 Å². The Morgan fingerprint density at radius 2 is 1.79 bits per heavy atom. The molecule has 0 atom stereocenters. The summed E-state index contributed by atoms with van der Waals surface area (Å²) in [6.07, 6.45) is -3.25. The lowest BCUT2D eigenvalue weighted by Gasteiger charge is -2.30. The number of hydrogen-bond acceptors (Lipinski definition) is 6. The molecule has 0 fully saturated rings. The molecule has 0 spiro atoms. The average molecular weight is 570 g/mol. The van der Waals surface area contributed by atoms with E-state index in [-0.39, 0.29) is 5.52 Å². The number of nitrogens with one attached hydrogen (secondary N) is 1. The van der Waals surface area contributed by atoms with Crippen molar-refractivity contribution in [3.63, 3.8) is 0 Å². The molecule has 208 valence electrons. The second-order valence-electron chi connectivity index (χ2n) is 8.75. The Balaban J connectivity index is 0.00000121. The summed E-state index contributed by atoms with van der Waals surface area (Å²) in [6, 6.07) is 3.47. The standard InChI is InChI=1S/C23H22F3N3O3S2.2C2H6/c1-5-17(30)28-20-18(19-27-14-10-12(23(24,25)26)6-7-15(14)33-19)13-8-9-29(11-16(13)34-20)21(31)32-22(2,3)4;2*1-2/h5-7,10H,1,8-9,11H2,2-4H3,(H,28,30);2*1-2H3. The number of nitrogens with zero attached hydrogens (tertiary/aromatic N) is 2. The maximum atomic E-state index is 13.2. The zero-order chi connectivity index (χ0) is 28.8. The van der Waals surface area contributed by atoms with Crippen molar-refractivity contribution in [1.82, 2.24) is 9.88 Å². The van der Waals surface area contributed by atoms with Gasteiger partial charge >= 0.3 is 12.3 Å². The number of ether oxygens (including phenoxy) is 1. The molecule has 2 aromatic heterocycles. The van der Waals surface area contributed by atoms with Gasteiger partial charge in [0.2, 0.25) is 5.91 Å². The molecule has 6 nitrogen and oxygen atoms in total. The van der Waals surface area contributed by atoms with Crippen LogP contribution in [0, 0.1) is 0 Å². The first-order valence-electron chi connectivity index (χ1n) is 12.4. The fourth-order valence-corrected chi connectivity index (χ4v) is 5.93. The third kappa shape index (κ3) is 7.35. The van der Waals surface area contributed by atoms with Gasteiger partial charge < -0.3 is 15.0 Å². The Morgan fingerprint density at radius 1 is 1.13 bits per heavy atom. The van der Waals surface area contributed by atoms with E-state index >= 15 is 0 Å². The number of thiazole rings is 1. The molecule has 0 saturated heterocycles. The third-order valence-corrected chi connectivity index (χ3v) is 7.25. The van der Waals surface area contributed by atoms with Crippen molar-refractivity contribution in [1.29, 1.82) is 0 Å². The fourth-order valence-electron chi connectivity index (χ4n) is 3.57. The SMILES string of the molecule is C=CC(=O)Nc1sc2c(c1-c1nc3cc(C(F)(F)F)ccc3s1)CCN(C(=O)OC(C)(C)C)C2.CC.CC. The van der Waals surface area contributed by atoms with Crippen molar-refractivity contribution in [2.75, 3.05) is 11.9 Å². The predicted octanol–water partition coefficient (Wildman–Crippen LogP) is 8.51. The number of fused-ring (bicyclic) bond motifs is 2. The zero-order valence-electron chi connectivity index (χ0n) is 22.7. The number of alkyl halides is 3. The van der Waals surface area contributed by atoms with E-state index in [4.69, 9.17) is 4.74 Å². The molecule has 3 aromatic rings. The minimum absolute atomic E-state index is 0.238. The van der Waals surface area contributed by atoms with Crippen LogP contribution in [0.15, 0.2) is 30.9 Å². The van der Waals surface area contributed by atoms with Crippen LogP contribution in [0.5, 0.6) is 0 Å². The van der Waals surface area contributed by atoms with Gasteiger partial charge in [0.1, 0.15) is 15.6 Å². The molecule has 2 amide bonds. The second-order valence-corrected chi connectivity index (χ2v) is 10.9. The molecule has 1 aliphatic rings. The molecular formula is C27H34F3N3O3S2. The Bertz CT molecular complexity index is 1290. The smallest absolute Gasteiger partial charge is 0.416 e. The molecule has 0 aliphatic carbocycles. The van der Waals surface area contributed by atoms with Gasteiger partial charge in [0.15, 0.2) is 0 Å². The van der Waals surface area contributed by atoms with E-state index in [0.717, 1.165) is 28.6 Å². The van der Waals surface area contributed by atoms with Crippen LogP contribution in [-0.4, -0.2) is 34.0 Å². The molecule has 0 saturated carbocycles. The average Bonchev–Trinajstić information content (AvgIpc) is 3.44. The normalized spacial score (nSPS) is 12.9. The molecule has 1 N–H and O–H groups in total. The molecule has 0 unspecified atom stereocenters. The highest BCUT2D eigenvalue weighted by atomic mass is 32.1. The monoisotopic (exact) mass is 569 g/mol. The molecule has 4 rings (SSSR count). The van der Waals surface area contributed by atoms with Crippen LogP contribution in [-0.2, 0) is 28.7 Å². The summed E-state index contributed by atoms with van der Waals surface area (Å²) in [6.45, 7) is 17.6. The van der Waals surface area contributed by atoms with Gasteiger partial charge in [0, 0.05) is 17.0 Å². The van der Waals surface area contributed by atoms with Gasteiger partial charge in [-0.15, -0.1) is 22.7 Å². The lowest BCUT2D eigenvalue weighted by Crippen LogP contribution is -2.39. The summed E-state index contributed by atoms with van der Waals surface area (Å²) in [5, 5.41) is 3.83. The van der Waals surface area contributed by atoms with Crippen LogP contribution in [0.2, 0.25) is 0 Å². The second kappa shape index (κ2) is 12.8. The van der Waals surface area contributed by atoms with E-state index in [2.05, 4.69) is 16.9 Å². The van der Waals surface area contributed by atoms with Crippen molar-refractivity contribution in [2.45, 2.75) is 73.2 Å². The Labute approximate surface area is 229 Å². The van der Waals surface area contributed by atoms with Crippen LogP contribution in [0.1, 0.15) is 64.5 Å². The van der Waals surface area contributed by atoms with E-state index in [9.17, 15) is 22.8 Å². The minimum Gasteiger partial charge on any atom is -0.444 e. The lowest BCUT2D eigenvalue weighted by atomic mass is 10.0. The van der Waals surface area contributed by atoms with Crippen molar-refractivity contribution < 1.29 is 27.5 Å². The summed E-state index contributed by atoms with van der Waals surface area (Å²) in [5.41, 5.74) is 0.435. The Hall–Kier alpha value is -2.92. The van der Waals surface area contributed by atoms with Crippen LogP contribution in [0.3, 0.4) is 0 Å². The maximum absolute atomic E-state index is 13.2. The van der Waals surface area contributed by atoms with Crippen LogP contribution in [0.4, 0.5) is 23.0 Å². The number of benzene rings is 1. The van der Waals surface area contributed by atoms with Crippen molar-refractivity contribution in [2.24, 2.45) is 0 Å². The number of hydrogen-bond donors (Lipinski definition) is 1. The first kappa shape index (κ1) is 31.3. The summed E-state index contributed by atoms with van der Waals surface area (Å²) in [7, 11) is 0. The summed E-state index contributed by atoms with van der Waals surface area (Å²) in [4.78, 5) is 31.6. The highest BCUT2D eigenvalue weighted by Gasteiger charge is 2.33. The summed E-state index contributed by atoms with van der Waals surface area (Å²) in [5.74, 6) is -0.413. The molecule has 11 heteroatoms. The van der Waals surface area contributed by atoms with Gasteiger partial charge in [0.25, 0.3) is 0 Å². The molecule has 0 bridgehead atoms. The van der Waals surface area contributed by atoms with Gasteiger partial charge in [-0.1, -0.05) is 34.3 Å². The van der Waals surface area contributed by atoms with Gasteiger partial charge in [0.05, 0.1) is 22.3 Å². The largest absolute Gasteiger partial charge is 0.444 e. The van der Waals surface area contributed by atoms with Gasteiger partial charge in [-0.2, -0.15) is 13.2 Å². The lowest BCUT2D eigenvalue weighted by molar-refractivity contribution is -0.137. The third-order valence-electron chi connectivity index (χ3n) is 5.06.